The van der Waals surface area contributed by atoms with Crippen molar-refractivity contribution in [1.29, 1.82) is 0 Å². The molecule has 1 aliphatic rings. The fraction of sp³-hybridized carbons (Fsp3) is 0.417. The van der Waals surface area contributed by atoms with E-state index in [0.29, 0.717) is 23.5 Å². The van der Waals surface area contributed by atoms with Crippen molar-refractivity contribution >= 4 is 37.5 Å². The van der Waals surface area contributed by atoms with Gasteiger partial charge in [0.1, 0.15) is 0 Å². The maximum atomic E-state index is 12.9. The highest BCUT2D eigenvalue weighted by molar-refractivity contribution is 7.89. The molecular formula is C24H29N3O4S2. The Morgan fingerprint density at radius 3 is 2.67 bits per heavy atom. The van der Waals surface area contributed by atoms with E-state index >= 15 is 0 Å². The molecule has 3 aromatic rings. The topological polar surface area (TPSA) is 81.0 Å². The Hall–Kier alpha value is -2.33. The van der Waals surface area contributed by atoms with Gasteiger partial charge in [0.15, 0.2) is 4.80 Å². The maximum Gasteiger partial charge on any atom is 0.279 e. The van der Waals surface area contributed by atoms with E-state index in [1.807, 2.05) is 6.92 Å². The standard InChI is InChI=1S/C24H29N3O4S2/c1-4-13-27-21-12-7-17(2)15-22(21)32-24(27)25-23(28)18-8-10-20(11-9-18)33(29,30)26(3)16-19-6-5-14-31-19/h7-12,15,19H,4-6,13-14,16H2,1-3H3. The third kappa shape index (κ3) is 5.11. The SMILES string of the molecule is CCCn1c(=NC(=O)c2ccc(S(=O)(=O)N(C)CC3CCCO3)cc2)sc2cc(C)ccc21. The molecule has 1 atom stereocenters. The summed E-state index contributed by atoms with van der Waals surface area (Å²) in [7, 11) is -2.10. The zero-order chi connectivity index (χ0) is 23.6. The summed E-state index contributed by atoms with van der Waals surface area (Å²) in [5.74, 6) is -0.389. The number of fused-ring (bicyclic) bond motifs is 1. The minimum Gasteiger partial charge on any atom is -0.377 e. The predicted octanol–water partition coefficient (Wildman–Crippen LogP) is 3.96. The molecule has 7 nitrogen and oxygen atoms in total. The molecule has 0 N–H and O–H groups in total. The molecule has 4 rings (SSSR count). The predicted molar refractivity (Wildman–Crippen MR) is 130 cm³/mol. The van der Waals surface area contributed by atoms with Crippen LogP contribution in [0.2, 0.25) is 0 Å². The summed E-state index contributed by atoms with van der Waals surface area (Å²) < 4.78 is 35.8. The van der Waals surface area contributed by atoms with Gasteiger partial charge >= 0.3 is 0 Å². The van der Waals surface area contributed by atoms with Gasteiger partial charge in [0.25, 0.3) is 5.91 Å². The van der Waals surface area contributed by atoms with Crippen molar-refractivity contribution in [2.45, 2.75) is 50.7 Å². The highest BCUT2D eigenvalue weighted by atomic mass is 32.2. The largest absolute Gasteiger partial charge is 0.377 e. The van der Waals surface area contributed by atoms with Gasteiger partial charge in [-0.3, -0.25) is 4.79 Å². The maximum absolute atomic E-state index is 12.9. The van der Waals surface area contributed by atoms with Gasteiger partial charge in [-0.25, -0.2) is 8.42 Å². The van der Waals surface area contributed by atoms with E-state index in [0.717, 1.165) is 41.6 Å². The number of carbonyl (C=O) groups is 1. The second kappa shape index (κ2) is 9.89. The molecule has 0 aliphatic carbocycles. The van der Waals surface area contributed by atoms with Gasteiger partial charge < -0.3 is 9.30 Å². The van der Waals surface area contributed by atoms with Crippen LogP contribution in [0.15, 0.2) is 52.4 Å². The number of nitrogens with zero attached hydrogens (tertiary/aromatic N) is 3. The Balaban J connectivity index is 1.59. The first-order valence-corrected chi connectivity index (χ1v) is 13.4. The van der Waals surface area contributed by atoms with Crippen LogP contribution in [0.1, 0.15) is 42.1 Å². The number of hydrogen-bond donors (Lipinski definition) is 0. The van der Waals surface area contributed by atoms with Crippen molar-refractivity contribution in [1.82, 2.24) is 8.87 Å². The van der Waals surface area contributed by atoms with Gasteiger partial charge in [0.05, 0.1) is 21.2 Å². The van der Waals surface area contributed by atoms with Crippen LogP contribution in [0.3, 0.4) is 0 Å². The summed E-state index contributed by atoms with van der Waals surface area (Å²) in [6.07, 6.45) is 2.68. The third-order valence-corrected chi connectivity index (χ3v) is 8.66. The molecule has 9 heteroatoms. The van der Waals surface area contributed by atoms with E-state index in [4.69, 9.17) is 4.74 Å². The fourth-order valence-electron chi connectivity index (χ4n) is 3.98. The summed E-state index contributed by atoms with van der Waals surface area (Å²) in [6, 6.07) is 12.2. The van der Waals surface area contributed by atoms with Crippen LogP contribution >= 0.6 is 11.3 Å². The average molecular weight is 488 g/mol. The fourth-order valence-corrected chi connectivity index (χ4v) is 6.33. The Bertz CT molecular complexity index is 1320. The van der Waals surface area contributed by atoms with Gasteiger partial charge in [0.2, 0.25) is 10.0 Å². The van der Waals surface area contributed by atoms with Crippen molar-refractivity contribution in [2.75, 3.05) is 20.2 Å². The number of benzene rings is 2. The first-order chi connectivity index (χ1) is 15.8. The van der Waals surface area contributed by atoms with Crippen LogP contribution in [0, 0.1) is 6.92 Å². The molecule has 0 radical (unpaired) electrons. The van der Waals surface area contributed by atoms with Gasteiger partial charge in [-0.05, 0) is 68.1 Å². The van der Waals surface area contributed by atoms with Crippen molar-refractivity contribution in [3.63, 3.8) is 0 Å². The number of likely N-dealkylation sites (N-methyl/N-ethyl adjacent to an activating group) is 1. The van der Waals surface area contributed by atoms with Crippen molar-refractivity contribution in [3.05, 3.63) is 58.4 Å². The van der Waals surface area contributed by atoms with Crippen molar-refractivity contribution in [3.8, 4) is 0 Å². The molecule has 1 fully saturated rings. The van der Waals surface area contributed by atoms with Crippen LogP contribution < -0.4 is 4.80 Å². The summed E-state index contributed by atoms with van der Waals surface area (Å²) in [6.45, 7) is 5.89. The van der Waals surface area contributed by atoms with Crippen LogP contribution in [0.5, 0.6) is 0 Å². The number of amides is 1. The molecule has 33 heavy (non-hydrogen) atoms. The second-order valence-electron chi connectivity index (χ2n) is 8.37. The molecule has 0 spiro atoms. The van der Waals surface area contributed by atoms with Crippen molar-refractivity contribution in [2.24, 2.45) is 4.99 Å². The van der Waals surface area contributed by atoms with Crippen LogP contribution in [-0.2, 0) is 21.3 Å². The number of sulfonamides is 1. The molecule has 2 heterocycles. The zero-order valence-corrected chi connectivity index (χ0v) is 20.8. The van der Waals surface area contributed by atoms with Gasteiger partial charge in [-0.15, -0.1) is 0 Å². The summed E-state index contributed by atoms with van der Waals surface area (Å²) in [5, 5.41) is 0. The third-order valence-electron chi connectivity index (χ3n) is 5.78. The number of aromatic nitrogens is 1. The summed E-state index contributed by atoms with van der Waals surface area (Å²) in [5.41, 5.74) is 2.58. The van der Waals surface area contributed by atoms with E-state index in [2.05, 4.69) is 34.7 Å². The molecule has 1 unspecified atom stereocenters. The molecule has 1 aromatic heterocycles. The van der Waals surface area contributed by atoms with E-state index in [9.17, 15) is 13.2 Å². The summed E-state index contributed by atoms with van der Waals surface area (Å²) in [4.78, 5) is 18.1. The quantitative estimate of drug-likeness (QED) is 0.505. The lowest BCUT2D eigenvalue weighted by atomic mass is 10.2. The Morgan fingerprint density at radius 2 is 2.00 bits per heavy atom. The lowest BCUT2D eigenvalue weighted by Gasteiger charge is -2.20. The first-order valence-electron chi connectivity index (χ1n) is 11.2. The summed E-state index contributed by atoms with van der Waals surface area (Å²) >= 11 is 1.49. The molecule has 176 valence electrons. The van der Waals surface area contributed by atoms with E-state index in [-0.39, 0.29) is 16.9 Å². The Kier molecular flexibility index (Phi) is 7.13. The first kappa shape index (κ1) is 23.8. The molecule has 1 saturated heterocycles. The molecule has 0 bridgehead atoms. The highest BCUT2D eigenvalue weighted by Crippen LogP contribution is 2.21. The minimum atomic E-state index is -3.65. The monoisotopic (exact) mass is 487 g/mol. The van der Waals surface area contributed by atoms with Crippen molar-refractivity contribution < 1.29 is 17.9 Å². The van der Waals surface area contributed by atoms with E-state index in [1.165, 1.54) is 39.9 Å². The number of hydrogen-bond acceptors (Lipinski definition) is 5. The molecular weight excluding hydrogens is 458 g/mol. The average Bonchev–Trinajstić information content (AvgIpc) is 3.42. The van der Waals surface area contributed by atoms with Crippen LogP contribution in [-0.4, -0.2) is 49.5 Å². The molecule has 1 amide bonds. The van der Waals surface area contributed by atoms with Crippen LogP contribution in [0.4, 0.5) is 0 Å². The van der Waals surface area contributed by atoms with Gasteiger partial charge in [-0.2, -0.15) is 9.30 Å². The number of thiazole rings is 1. The van der Waals surface area contributed by atoms with Gasteiger partial charge in [-0.1, -0.05) is 24.3 Å². The minimum absolute atomic E-state index is 0.0654. The normalized spacial score (nSPS) is 17.3. The number of carbonyl (C=O) groups excluding carboxylic acids is 1. The highest BCUT2D eigenvalue weighted by Gasteiger charge is 2.26. The lowest BCUT2D eigenvalue weighted by molar-refractivity contribution is 0.0979. The lowest BCUT2D eigenvalue weighted by Crippen LogP contribution is -2.34. The molecule has 1 aliphatic heterocycles. The van der Waals surface area contributed by atoms with E-state index < -0.39 is 10.0 Å². The van der Waals surface area contributed by atoms with Gasteiger partial charge in [0, 0.05) is 32.3 Å². The Labute approximate surface area is 198 Å². The Morgan fingerprint density at radius 1 is 1.24 bits per heavy atom. The second-order valence-corrected chi connectivity index (χ2v) is 11.4. The van der Waals surface area contributed by atoms with Crippen LogP contribution in [0.25, 0.3) is 10.2 Å². The zero-order valence-electron chi connectivity index (χ0n) is 19.2. The number of ether oxygens (including phenoxy) is 1. The number of rotatable bonds is 7. The van der Waals surface area contributed by atoms with E-state index in [1.54, 1.807) is 7.05 Å². The number of aryl methyl sites for hydroxylation is 2. The molecule has 2 aromatic carbocycles. The molecule has 0 saturated carbocycles. The smallest absolute Gasteiger partial charge is 0.279 e.